The highest BCUT2D eigenvalue weighted by Gasteiger charge is 2.10. The summed E-state index contributed by atoms with van der Waals surface area (Å²) in [4.78, 5) is 30.4. The second-order valence-electron chi connectivity index (χ2n) is 5.84. The van der Waals surface area contributed by atoms with Crippen molar-refractivity contribution < 1.29 is 9.53 Å². The molecule has 2 aromatic rings. The van der Waals surface area contributed by atoms with E-state index in [1.54, 1.807) is 13.3 Å². The van der Waals surface area contributed by atoms with Gasteiger partial charge in [-0.3, -0.25) is 18.9 Å². The fourth-order valence-corrected chi connectivity index (χ4v) is 2.47. The molecule has 0 saturated heterocycles. The number of hydrogen-bond acceptors (Lipinski definition) is 5. The molecule has 130 valence electrons. The Bertz CT molecular complexity index is 757. The molecule has 0 bridgehead atoms. The number of likely N-dealkylation sites (N-methyl/N-ethyl adjacent to an activating group) is 1. The average molecular weight is 332 g/mol. The van der Waals surface area contributed by atoms with Gasteiger partial charge >= 0.3 is 0 Å². The van der Waals surface area contributed by atoms with Crippen molar-refractivity contribution in [3.05, 3.63) is 46.0 Å². The van der Waals surface area contributed by atoms with Gasteiger partial charge in [0.25, 0.3) is 5.56 Å². The summed E-state index contributed by atoms with van der Waals surface area (Å²) in [6.07, 6.45) is 2.49. The number of pyridine rings is 1. The summed E-state index contributed by atoms with van der Waals surface area (Å²) in [6.45, 7) is 3.83. The fourth-order valence-electron chi connectivity index (χ4n) is 2.47. The smallest absolute Gasteiger partial charge is 0.258 e. The van der Waals surface area contributed by atoms with E-state index in [-0.39, 0.29) is 18.0 Å². The first-order chi connectivity index (χ1) is 11.5. The predicted octanol–water partition coefficient (Wildman–Crippen LogP) is 0.587. The molecule has 0 radical (unpaired) electrons. The van der Waals surface area contributed by atoms with Gasteiger partial charge in [0.15, 0.2) is 0 Å². The molecule has 0 unspecified atom stereocenters. The summed E-state index contributed by atoms with van der Waals surface area (Å²) in [5.74, 6) is -0.0534. The molecule has 2 aromatic heterocycles. The topological polar surface area (TPSA) is 75.9 Å². The number of fused-ring (bicyclic) bond motifs is 1. The third kappa shape index (κ3) is 4.87. The van der Waals surface area contributed by atoms with E-state index in [2.05, 4.69) is 10.3 Å². The van der Waals surface area contributed by atoms with E-state index in [0.717, 1.165) is 12.0 Å². The lowest BCUT2D eigenvalue weighted by Gasteiger charge is -2.16. The molecule has 0 aliphatic heterocycles. The van der Waals surface area contributed by atoms with E-state index in [1.807, 2.05) is 31.0 Å². The molecule has 0 aliphatic carbocycles. The van der Waals surface area contributed by atoms with Gasteiger partial charge in [0, 0.05) is 39.1 Å². The van der Waals surface area contributed by atoms with Crippen molar-refractivity contribution in [3.8, 4) is 0 Å². The Hall–Kier alpha value is -2.25. The maximum absolute atomic E-state index is 12.2. The lowest BCUT2D eigenvalue weighted by molar-refractivity contribution is -0.122. The maximum atomic E-state index is 12.2. The van der Waals surface area contributed by atoms with Crippen molar-refractivity contribution in [2.45, 2.75) is 19.9 Å². The number of amides is 1. The standard InChI is InChI=1S/C17H24N4O3/c1-13-6-4-8-21-16(23)10-14(19-17(13)21)11-20(2)12-15(22)18-7-5-9-24-3/h4,6,8,10H,5,7,9,11-12H2,1-3H3,(H,18,22). The van der Waals surface area contributed by atoms with Crippen molar-refractivity contribution in [1.29, 1.82) is 0 Å². The van der Waals surface area contributed by atoms with Crippen LogP contribution in [0.2, 0.25) is 0 Å². The van der Waals surface area contributed by atoms with Gasteiger partial charge in [-0.15, -0.1) is 0 Å². The molecule has 2 heterocycles. The Labute approximate surface area is 141 Å². The molecule has 0 spiro atoms. The quantitative estimate of drug-likeness (QED) is 0.716. The number of nitrogens with zero attached hydrogens (tertiary/aromatic N) is 3. The summed E-state index contributed by atoms with van der Waals surface area (Å²) in [6, 6.07) is 5.26. The number of ether oxygens (including phenoxy) is 1. The van der Waals surface area contributed by atoms with Crippen LogP contribution in [0.5, 0.6) is 0 Å². The average Bonchev–Trinajstić information content (AvgIpc) is 2.52. The van der Waals surface area contributed by atoms with Crippen LogP contribution in [0.25, 0.3) is 5.65 Å². The predicted molar refractivity (Wildman–Crippen MR) is 92.0 cm³/mol. The van der Waals surface area contributed by atoms with Gasteiger partial charge in [0.2, 0.25) is 5.91 Å². The molecule has 0 saturated carbocycles. The van der Waals surface area contributed by atoms with Gasteiger partial charge in [0.1, 0.15) is 5.65 Å². The molecule has 1 N–H and O–H groups in total. The maximum Gasteiger partial charge on any atom is 0.258 e. The van der Waals surface area contributed by atoms with Crippen LogP contribution in [0.3, 0.4) is 0 Å². The molecule has 7 heteroatoms. The molecule has 1 amide bonds. The summed E-state index contributed by atoms with van der Waals surface area (Å²) < 4.78 is 6.47. The van der Waals surface area contributed by atoms with Crippen molar-refractivity contribution in [2.24, 2.45) is 0 Å². The van der Waals surface area contributed by atoms with Crippen molar-refractivity contribution in [1.82, 2.24) is 19.6 Å². The minimum atomic E-state index is -0.115. The molecule has 0 atom stereocenters. The molecular weight excluding hydrogens is 308 g/mol. The van der Waals surface area contributed by atoms with E-state index >= 15 is 0 Å². The Kier molecular flexibility index (Phi) is 6.45. The molecule has 2 rings (SSSR count). The summed E-state index contributed by atoms with van der Waals surface area (Å²) in [5.41, 5.74) is 2.13. The lowest BCUT2D eigenvalue weighted by atomic mass is 10.3. The van der Waals surface area contributed by atoms with Crippen LogP contribution in [-0.4, -0.2) is 54.0 Å². The van der Waals surface area contributed by atoms with Crippen LogP contribution in [0.1, 0.15) is 17.7 Å². The largest absolute Gasteiger partial charge is 0.385 e. The first-order valence-electron chi connectivity index (χ1n) is 7.93. The van der Waals surface area contributed by atoms with E-state index < -0.39 is 0 Å². The third-order valence-corrected chi connectivity index (χ3v) is 3.63. The molecule has 0 aromatic carbocycles. The minimum Gasteiger partial charge on any atom is -0.385 e. The second kappa shape index (κ2) is 8.56. The van der Waals surface area contributed by atoms with Crippen molar-refractivity contribution in [3.63, 3.8) is 0 Å². The Morgan fingerprint density at radius 3 is 3.00 bits per heavy atom. The first kappa shape index (κ1) is 18.1. The minimum absolute atomic E-state index is 0.0534. The molecule has 0 aliphatic rings. The Morgan fingerprint density at radius 2 is 2.25 bits per heavy atom. The van der Waals surface area contributed by atoms with Crippen LogP contribution in [0, 0.1) is 6.92 Å². The monoisotopic (exact) mass is 332 g/mol. The zero-order chi connectivity index (χ0) is 17.5. The Morgan fingerprint density at radius 1 is 1.46 bits per heavy atom. The van der Waals surface area contributed by atoms with Crippen LogP contribution in [0.4, 0.5) is 0 Å². The number of methoxy groups -OCH3 is 1. The van der Waals surface area contributed by atoms with Gasteiger partial charge in [-0.05, 0) is 32.0 Å². The highest BCUT2D eigenvalue weighted by atomic mass is 16.5. The number of aryl methyl sites for hydroxylation is 1. The first-order valence-corrected chi connectivity index (χ1v) is 7.93. The van der Waals surface area contributed by atoms with E-state index in [1.165, 1.54) is 10.5 Å². The summed E-state index contributed by atoms with van der Waals surface area (Å²) >= 11 is 0. The number of carbonyl (C=O) groups is 1. The number of aromatic nitrogens is 2. The molecule has 24 heavy (non-hydrogen) atoms. The van der Waals surface area contributed by atoms with E-state index in [4.69, 9.17) is 4.74 Å². The van der Waals surface area contributed by atoms with Crippen molar-refractivity contribution >= 4 is 11.6 Å². The van der Waals surface area contributed by atoms with Crippen LogP contribution >= 0.6 is 0 Å². The Balaban J connectivity index is 1.98. The molecular formula is C17H24N4O3. The van der Waals surface area contributed by atoms with Crippen LogP contribution < -0.4 is 10.9 Å². The number of hydrogen-bond donors (Lipinski definition) is 1. The van der Waals surface area contributed by atoms with Gasteiger partial charge < -0.3 is 10.1 Å². The molecule has 7 nitrogen and oxygen atoms in total. The summed E-state index contributed by atoms with van der Waals surface area (Å²) in [7, 11) is 3.46. The zero-order valence-electron chi connectivity index (χ0n) is 14.4. The number of nitrogens with one attached hydrogen (secondary N) is 1. The van der Waals surface area contributed by atoms with Gasteiger partial charge in [-0.2, -0.15) is 0 Å². The van der Waals surface area contributed by atoms with Gasteiger partial charge in [0.05, 0.1) is 12.2 Å². The highest BCUT2D eigenvalue weighted by Crippen LogP contribution is 2.06. The van der Waals surface area contributed by atoms with Crippen LogP contribution in [0.15, 0.2) is 29.2 Å². The summed E-state index contributed by atoms with van der Waals surface area (Å²) in [5, 5.41) is 2.84. The van der Waals surface area contributed by atoms with E-state index in [9.17, 15) is 9.59 Å². The number of rotatable bonds is 8. The SMILES string of the molecule is COCCCNC(=O)CN(C)Cc1cc(=O)n2cccc(C)c2n1. The second-order valence-corrected chi connectivity index (χ2v) is 5.84. The van der Waals surface area contributed by atoms with Crippen molar-refractivity contribution in [2.75, 3.05) is 33.9 Å². The zero-order valence-corrected chi connectivity index (χ0v) is 14.4. The number of carbonyl (C=O) groups excluding carboxylic acids is 1. The van der Waals surface area contributed by atoms with Gasteiger partial charge in [-0.25, -0.2) is 4.98 Å². The third-order valence-electron chi connectivity index (χ3n) is 3.63. The van der Waals surface area contributed by atoms with E-state index in [0.29, 0.717) is 31.0 Å². The highest BCUT2D eigenvalue weighted by molar-refractivity contribution is 5.77. The molecule has 0 fully saturated rings. The van der Waals surface area contributed by atoms with Gasteiger partial charge in [-0.1, -0.05) is 6.07 Å². The lowest BCUT2D eigenvalue weighted by Crippen LogP contribution is -2.36. The normalized spacial score (nSPS) is 11.2. The fraction of sp³-hybridized carbons (Fsp3) is 0.471. The van der Waals surface area contributed by atoms with Crippen LogP contribution in [-0.2, 0) is 16.1 Å².